The number of rotatable bonds is 7. The number of carbonyl (C=O) groups excluding carboxylic acids is 1. The second kappa shape index (κ2) is 9.12. The second-order valence-electron chi connectivity index (χ2n) is 8.09. The average molecular weight is 438 g/mol. The summed E-state index contributed by atoms with van der Waals surface area (Å²) in [4.78, 5) is 14.0. The third kappa shape index (κ3) is 4.60. The minimum absolute atomic E-state index is 0.339. The summed E-state index contributed by atoms with van der Waals surface area (Å²) in [5.41, 5.74) is 11.5. The van der Waals surface area contributed by atoms with E-state index in [1.165, 1.54) is 5.56 Å². The Morgan fingerprint density at radius 1 is 1.19 bits per heavy atom. The van der Waals surface area contributed by atoms with Gasteiger partial charge in [0.2, 0.25) is 0 Å². The molecule has 0 saturated carbocycles. The van der Waals surface area contributed by atoms with Gasteiger partial charge in [-0.3, -0.25) is 9.48 Å². The van der Waals surface area contributed by atoms with Crippen LogP contribution in [0.3, 0.4) is 0 Å². The van der Waals surface area contributed by atoms with E-state index in [9.17, 15) is 4.79 Å². The number of carbonyl (C=O) groups is 1. The van der Waals surface area contributed by atoms with Gasteiger partial charge in [-0.15, -0.1) is 0 Å². The molecule has 1 saturated heterocycles. The third-order valence-corrected chi connectivity index (χ3v) is 6.44. The summed E-state index contributed by atoms with van der Waals surface area (Å²) in [6.07, 6.45) is 1.01. The van der Waals surface area contributed by atoms with Crippen LogP contribution in [0.5, 0.6) is 0 Å². The Morgan fingerprint density at radius 3 is 2.71 bits per heavy atom. The number of halogens is 1. The summed E-state index contributed by atoms with van der Waals surface area (Å²) in [6.45, 7) is 7.32. The van der Waals surface area contributed by atoms with Crippen molar-refractivity contribution in [1.29, 1.82) is 0 Å². The summed E-state index contributed by atoms with van der Waals surface area (Å²) in [7, 11) is 0. The van der Waals surface area contributed by atoms with Gasteiger partial charge < -0.3 is 16.0 Å². The predicted molar refractivity (Wildman–Crippen MR) is 125 cm³/mol. The molecule has 0 radical (unpaired) electrons. The van der Waals surface area contributed by atoms with E-state index < -0.39 is 0 Å². The van der Waals surface area contributed by atoms with Crippen LogP contribution in [0.15, 0.2) is 48.5 Å². The van der Waals surface area contributed by atoms with E-state index in [4.69, 9.17) is 22.4 Å². The molecule has 7 heteroatoms. The van der Waals surface area contributed by atoms with Gasteiger partial charge in [0, 0.05) is 47.6 Å². The van der Waals surface area contributed by atoms with Crippen LogP contribution in [-0.2, 0) is 13.1 Å². The van der Waals surface area contributed by atoms with E-state index in [-0.39, 0.29) is 5.91 Å². The predicted octanol–water partition coefficient (Wildman–Crippen LogP) is 3.67. The number of hydrogen-bond acceptors (Lipinski definition) is 4. The summed E-state index contributed by atoms with van der Waals surface area (Å²) >= 11 is 6.33. The summed E-state index contributed by atoms with van der Waals surface area (Å²) in [5.74, 6) is -0.385. The van der Waals surface area contributed by atoms with Gasteiger partial charge in [0.25, 0.3) is 5.91 Å². The van der Waals surface area contributed by atoms with Gasteiger partial charge in [-0.25, -0.2) is 0 Å². The third-order valence-electron chi connectivity index (χ3n) is 6.08. The largest absolute Gasteiger partial charge is 0.369 e. The van der Waals surface area contributed by atoms with E-state index in [1.54, 1.807) is 6.07 Å². The van der Waals surface area contributed by atoms with E-state index >= 15 is 0 Å². The number of anilines is 1. The first-order valence-corrected chi connectivity index (χ1v) is 10.9. The van der Waals surface area contributed by atoms with E-state index in [0.29, 0.717) is 18.2 Å². The fourth-order valence-corrected chi connectivity index (χ4v) is 4.48. The fourth-order valence-electron chi connectivity index (χ4n) is 4.28. The molecule has 0 aliphatic carbocycles. The van der Waals surface area contributed by atoms with E-state index in [1.807, 2.05) is 47.1 Å². The monoisotopic (exact) mass is 437 g/mol. The second-order valence-corrected chi connectivity index (χ2v) is 8.50. The minimum Gasteiger partial charge on any atom is -0.369 e. The molecule has 1 fully saturated rings. The Labute approximate surface area is 188 Å². The lowest BCUT2D eigenvalue weighted by molar-refractivity contribution is 0.100. The van der Waals surface area contributed by atoms with Crippen molar-refractivity contribution in [3.8, 4) is 0 Å². The molecule has 162 valence electrons. The molecule has 1 unspecified atom stereocenters. The Morgan fingerprint density at radius 2 is 1.94 bits per heavy atom. The average Bonchev–Trinajstić information content (AvgIpc) is 3.33. The number of primary amides is 1. The quantitative estimate of drug-likeness (QED) is 0.591. The molecular formula is C24H28ClN5O. The first-order valence-electron chi connectivity index (χ1n) is 10.6. The van der Waals surface area contributed by atoms with Crippen LogP contribution in [0, 0.1) is 13.8 Å². The molecule has 1 aliphatic heterocycles. The Kier molecular flexibility index (Phi) is 6.30. The van der Waals surface area contributed by atoms with Crippen LogP contribution in [0.25, 0.3) is 0 Å². The van der Waals surface area contributed by atoms with Gasteiger partial charge >= 0.3 is 0 Å². The zero-order chi connectivity index (χ0) is 22.0. The van der Waals surface area contributed by atoms with Crippen LogP contribution in [0.2, 0.25) is 5.02 Å². The van der Waals surface area contributed by atoms with Crippen molar-refractivity contribution in [3.05, 3.63) is 81.6 Å². The number of benzene rings is 2. The lowest BCUT2D eigenvalue weighted by Crippen LogP contribution is -2.33. The van der Waals surface area contributed by atoms with Crippen LogP contribution >= 0.6 is 11.6 Å². The number of nitrogens with one attached hydrogen (secondary N) is 1. The number of para-hydroxylation sites is 1. The highest BCUT2D eigenvalue weighted by Crippen LogP contribution is 2.25. The number of nitrogens with zero attached hydrogens (tertiary/aromatic N) is 3. The summed E-state index contributed by atoms with van der Waals surface area (Å²) in [5, 5.41) is 9.18. The molecule has 1 atom stereocenters. The standard InChI is InChI=1S/C24H28ClN5O/c1-16-21(17(2)30(28-16)14-18-7-3-5-9-22(18)25)13-27-19-11-12-29(15-19)23-10-6-4-8-20(23)24(26)31/h3-10,19,27H,11-15H2,1-2H3,(H2,26,31). The maximum Gasteiger partial charge on any atom is 0.250 e. The van der Waals surface area contributed by atoms with E-state index in [2.05, 4.69) is 24.1 Å². The van der Waals surface area contributed by atoms with Crippen molar-refractivity contribution < 1.29 is 4.79 Å². The minimum atomic E-state index is -0.385. The molecule has 3 aromatic rings. The molecule has 1 aromatic heterocycles. The molecule has 1 amide bonds. The van der Waals surface area contributed by atoms with Crippen molar-refractivity contribution in [2.24, 2.45) is 5.73 Å². The number of amides is 1. The molecule has 6 nitrogen and oxygen atoms in total. The van der Waals surface area contributed by atoms with E-state index in [0.717, 1.165) is 53.7 Å². The molecule has 0 spiro atoms. The molecule has 4 rings (SSSR count). The first-order chi connectivity index (χ1) is 14.9. The molecular weight excluding hydrogens is 410 g/mol. The Balaban J connectivity index is 1.41. The summed E-state index contributed by atoms with van der Waals surface area (Å²) in [6, 6.07) is 15.8. The first kappa shape index (κ1) is 21.4. The Bertz CT molecular complexity index is 1090. The fraction of sp³-hybridized carbons (Fsp3) is 0.333. The van der Waals surface area contributed by atoms with Crippen LogP contribution in [0.1, 0.15) is 39.3 Å². The highest BCUT2D eigenvalue weighted by molar-refractivity contribution is 6.31. The highest BCUT2D eigenvalue weighted by atomic mass is 35.5. The zero-order valence-electron chi connectivity index (χ0n) is 17.9. The molecule has 31 heavy (non-hydrogen) atoms. The maximum absolute atomic E-state index is 11.8. The molecule has 3 N–H and O–H groups in total. The Hall–Kier alpha value is -2.83. The van der Waals surface area contributed by atoms with Crippen molar-refractivity contribution in [2.75, 3.05) is 18.0 Å². The van der Waals surface area contributed by atoms with Crippen molar-refractivity contribution in [2.45, 2.75) is 39.4 Å². The van der Waals surface area contributed by atoms with Gasteiger partial charge in [0.05, 0.1) is 17.8 Å². The van der Waals surface area contributed by atoms with Crippen LogP contribution in [0.4, 0.5) is 5.69 Å². The van der Waals surface area contributed by atoms with Gasteiger partial charge in [0.1, 0.15) is 0 Å². The van der Waals surface area contributed by atoms with Gasteiger partial charge in [-0.05, 0) is 44.0 Å². The molecule has 2 aromatic carbocycles. The highest BCUT2D eigenvalue weighted by Gasteiger charge is 2.25. The van der Waals surface area contributed by atoms with Crippen LogP contribution < -0.4 is 16.0 Å². The van der Waals surface area contributed by atoms with Gasteiger partial charge in [-0.2, -0.15) is 5.10 Å². The maximum atomic E-state index is 11.8. The van der Waals surface area contributed by atoms with Crippen molar-refractivity contribution in [3.63, 3.8) is 0 Å². The van der Waals surface area contributed by atoms with Gasteiger partial charge in [0.15, 0.2) is 0 Å². The lowest BCUT2D eigenvalue weighted by atomic mass is 10.1. The van der Waals surface area contributed by atoms with Crippen molar-refractivity contribution in [1.82, 2.24) is 15.1 Å². The van der Waals surface area contributed by atoms with Crippen molar-refractivity contribution >= 4 is 23.2 Å². The van der Waals surface area contributed by atoms with Crippen LogP contribution in [-0.4, -0.2) is 34.8 Å². The topological polar surface area (TPSA) is 76.2 Å². The smallest absolute Gasteiger partial charge is 0.250 e. The molecule has 0 bridgehead atoms. The number of aromatic nitrogens is 2. The molecule has 2 heterocycles. The normalized spacial score (nSPS) is 16.1. The lowest BCUT2D eigenvalue weighted by Gasteiger charge is -2.21. The zero-order valence-corrected chi connectivity index (χ0v) is 18.7. The number of hydrogen-bond donors (Lipinski definition) is 2. The SMILES string of the molecule is Cc1nn(Cc2ccccc2Cl)c(C)c1CNC1CCN(c2ccccc2C(N)=O)C1. The molecule has 1 aliphatic rings. The number of nitrogens with two attached hydrogens (primary N) is 1. The summed E-state index contributed by atoms with van der Waals surface area (Å²) < 4.78 is 2.03. The number of aryl methyl sites for hydroxylation is 1. The van der Waals surface area contributed by atoms with Gasteiger partial charge in [-0.1, -0.05) is 41.9 Å².